The van der Waals surface area contributed by atoms with Gasteiger partial charge in [0.15, 0.2) is 0 Å². The van der Waals surface area contributed by atoms with Crippen LogP contribution in [-0.2, 0) is 11.3 Å². The standard InChI is InChI=1S/C15H16FNOS2/c1-11-6-8-20-14(11)10-17-15(18)7-9-19-13-5-3-2-4-12(13)16/h2-6,8H,7,9-10H2,1H3,(H,17,18). The molecule has 20 heavy (non-hydrogen) atoms. The second-order valence-corrected chi connectivity index (χ2v) is 6.47. The molecule has 0 aliphatic heterocycles. The van der Waals surface area contributed by atoms with Crippen molar-refractivity contribution in [2.75, 3.05) is 5.75 Å². The summed E-state index contributed by atoms with van der Waals surface area (Å²) in [5, 5.41) is 4.91. The Bertz CT molecular complexity index is 583. The molecule has 5 heteroatoms. The van der Waals surface area contributed by atoms with Crippen LogP contribution in [0, 0.1) is 12.7 Å². The number of rotatable bonds is 6. The van der Waals surface area contributed by atoms with Crippen LogP contribution in [0.5, 0.6) is 0 Å². The van der Waals surface area contributed by atoms with Crippen molar-refractivity contribution in [2.45, 2.75) is 24.8 Å². The molecule has 1 amide bonds. The minimum absolute atomic E-state index is 0.00152. The van der Waals surface area contributed by atoms with E-state index in [1.165, 1.54) is 28.3 Å². The Balaban J connectivity index is 1.71. The van der Waals surface area contributed by atoms with Gasteiger partial charge < -0.3 is 5.32 Å². The molecule has 1 aromatic carbocycles. The minimum Gasteiger partial charge on any atom is -0.351 e. The van der Waals surface area contributed by atoms with Crippen LogP contribution in [0.15, 0.2) is 40.6 Å². The molecule has 0 spiro atoms. The topological polar surface area (TPSA) is 29.1 Å². The summed E-state index contributed by atoms with van der Waals surface area (Å²) in [5.74, 6) is 0.352. The number of halogens is 1. The number of nitrogens with one attached hydrogen (secondary N) is 1. The number of thioether (sulfide) groups is 1. The van der Waals surface area contributed by atoms with Crippen LogP contribution in [0.2, 0.25) is 0 Å². The van der Waals surface area contributed by atoms with E-state index in [0.717, 1.165) is 0 Å². The molecule has 1 aromatic heterocycles. The molecular formula is C15H16FNOS2. The molecule has 0 aliphatic rings. The summed E-state index contributed by atoms with van der Waals surface area (Å²) in [6.07, 6.45) is 0.392. The van der Waals surface area contributed by atoms with Crippen molar-refractivity contribution in [3.8, 4) is 0 Å². The lowest BCUT2D eigenvalue weighted by atomic mass is 10.3. The number of thiophene rings is 1. The van der Waals surface area contributed by atoms with E-state index in [4.69, 9.17) is 0 Å². The van der Waals surface area contributed by atoms with Gasteiger partial charge in [0.05, 0.1) is 6.54 Å². The van der Waals surface area contributed by atoms with Crippen molar-refractivity contribution in [3.05, 3.63) is 52.0 Å². The first-order valence-electron chi connectivity index (χ1n) is 6.34. The normalized spacial score (nSPS) is 10.5. The molecule has 1 heterocycles. The number of carbonyl (C=O) groups excluding carboxylic acids is 1. The van der Waals surface area contributed by atoms with Crippen molar-refractivity contribution in [2.24, 2.45) is 0 Å². The predicted molar refractivity (Wildman–Crippen MR) is 82.6 cm³/mol. The zero-order chi connectivity index (χ0) is 14.4. The molecule has 2 rings (SSSR count). The van der Waals surface area contributed by atoms with Crippen LogP contribution >= 0.6 is 23.1 Å². The van der Waals surface area contributed by atoms with Gasteiger partial charge in [-0.3, -0.25) is 4.79 Å². The first-order chi connectivity index (χ1) is 9.66. The van der Waals surface area contributed by atoms with Crippen LogP contribution < -0.4 is 5.32 Å². The fourth-order valence-electron chi connectivity index (χ4n) is 1.67. The maximum absolute atomic E-state index is 13.4. The molecule has 0 radical (unpaired) electrons. The lowest BCUT2D eigenvalue weighted by Crippen LogP contribution is -2.22. The second-order valence-electron chi connectivity index (χ2n) is 4.33. The highest BCUT2D eigenvalue weighted by molar-refractivity contribution is 7.99. The third-order valence-corrected chi connectivity index (χ3v) is 4.91. The highest BCUT2D eigenvalue weighted by Gasteiger charge is 2.06. The summed E-state index contributed by atoms with van der Waals surface area (Å²) in [4.78, 5) is 13.5. The van der Waals surface area contributed by atoms with E-state index in [-0.39, 0.29) is 11.7 Å². The maximum atomic E-state index is 13.4. The van der Waals surface area contributed by atoms with E-state index in [0.29, 0.717) is 23.6 Å². The summed E-state index contributed by atoms with van der Waals surface area (Å²) >= 11 is 3.01. The summed E-state index contributed by atoms with van der Waals surface area (Å²) in [5.41, 5.74) is 1.20. The molecular weight excluding hydrogens is 293 g/mol. The second kappa shape index (κ2) is 7.45. The number of amides is 1. The Morgan fingerprint density at radius 2 is 2.15 bits per heavy atom. The Morgan fingerprint density at radius 3 is 2.85 bits per heavy atom. The molecule has 0 saturated carbocycles. The van der Waals surface area contributed by atoms with Crippen LogP contribution in [0.25, 0.3) is 0 Å². The number of hydrogen-bond donors (Lipinski definition) is 1. The molecule has 106 valence electrons. The average Bonchev–Trinajstić information content (AvgIpc) is 2.84. The largest absolute Gasteiger partial charge is 0.351 e. The Kier molecular flexibility index (Phi) is 5.61. The monoisotopic (exact) mass is 309 g/mol. The van der Waals surface area contributed by atoms with E-state index in [1.54, 1.807) is 29.5 Å². The van der Waals surface area contributed by atoms with Gasteiger partial charge in [0, 0.05) is 21.9 Å². The van der Waals surface area contributed by atoms with Crippen molar-refractivity contribution in [1.82, 2.24) is 5.32 Å². The van der Waals surface area contributed by atoms with Gasteiger partial charge in [-0.05, 0) is 36.1 Å². The smallest absolute Gasteiger partial charge is 0.221 e. The van der Waals surface area contributed by atoms with E-state index < -0.39 is 0 Å². The van der Waals surface area contributed by atoms with Crippen molar-refractivity contribution in [1.29, 1.82) is 0 Å². The van der Waals surface area contributed by atoms with Gasteiger partial charge in [-0.25, -0.2) is 4.39 Å². The first-order valence-corrected chi connectivity index (χ1v) is 8.20. The van der Waals surface area contributed by atoms with Crippen molar-refractivity contribution in [3.63, 3.8) is 0 Å². The van der Waals surface area contributed by atoms with Crippen LogP contribution in [0.1, 0.15) is 16.9 Å². The van der Waals surface area contributed by atoms with Gasteiger partial charge in [-0.2, -0.15) is 0 Å². The summed E-state index contributed by atoms with van der Waals surface area (Å²) < 4.78 is 13.4. The van der Waals surface area contributed by atoms with E-state index >= 15 is 0 Å². The van der Waals surface area contributed by atoms with Gasteiger partial charge in [0.1, 0.15) is 5.82 Å². The molecule has 2 nitrogen and oxygen atoms in total. The lowest BCUT2D eigenvalue weighted by molar-refractivity contribution is -0.120. The molecule has 0 bridgehead atoms. The van der Waals surface area contributed by atoms with Gasteiger partial charge in [0.25, 0.3) is 0 Å². The predicted octanol–water partition coefficient (Wildman–Crippen LogP) is 3.99. The van der Waals surface area contributed by atoms with E-state index in [9.17, 15) is 9.18 Å². The van der Waals surface area contributed by atoms with Crippen LogP contribution in [0.3, 0.4) is 0 Å². The van der Waals surface area contributed by atoms with Crippen molar-refractivity contribution >= 4 is 29.0 Å². The zero-order valence-corrected chi connectivity index (χ0v) is 12.8. The fourth-order valence-corrected chi connectivity index (χ4v) is 3.40. The molecule has 1 N–H and O–H groups in total. The molecule has 0 saturated heterocycles. The number of benzene rings is 1. The minimum atomic E-state index is -0.230. The molecule has 0 fully saturated rings. The quantitative estimate of drug-likeness (QED) is 0.817. The third-order valence-electron chi connectivity index (χ3n) is 2.84. The van der Waals surface area contributed by atoms with E-state index in [1.807, 2.05) is 18.4 Å². The van der Waals surface area contributed by atoms with Gasteiger partial charge in [-0.1, -0.05) is 12.1 Å². The summed E-state index contributed by atoms with van der Waals surface area (Å²) in [6, 6.07) is 8.66. The number of aryl methyl sites for hydroxylation is 1. The SMILES string of the molecule is Cc1ccsc1CNC(=O)CCSc1ccccc1F. The number of carbonyl (C=O) groups is 1. The zero-order valence-electron chi connectivity index (χ0n) is 11.2. The average molecular weight is 309 g/mol. The molecule has 0 unspecified atom stereocenters. The Morgan fingerprint density at radius 1 is 1.35 bits per heavy atom. The van der Waals surface area contributed by atoms with Gasteiger partial charge >= 0.3 is 0 Å². The van der Waals surface area contributed by atoms with Crippen LogP contribution in [-0.4, -0.2) is 11.7 Å². The van der Waals surface area contributed by atoms with Crippen molar-refractivity contribution < 1.29 is 9.18 Å². The van der Waals surface area contributed by atoms with Gasteiger partial charge in [-0.15, -0.1) is 23.1 Å². The summed E-state index contributed by atoms with van der Waals surface area (Å²) in [6.45, 7) is 2.61. The molecule has 0 atom stereocenters. The van der Waals surface area contributed by atoms with Crippen LogP contribution in [0.4, 0.5) is 4.39 Å². The maximum Gasteiger partial charge on any atom is 0.221 e. The lowest BCUT2D eigenvalue weighted by Gasteiger charge is -2.05. The first kappa shape index (κ1) is 15.1. The van der Waals surface area contributed by atoms with E-state index in [2.05, 4.69) is 5.32 Å². The summed E-state index contributed by atoms with van der Waals surface area (Å²) in [7, 11) is 0. The number of hydrogen-bond acceptors (Lipinski definition) is 3. The Labute approximate surface area is 126 Å². The highest BCUT2D eigenvalue weighted by Crippen LogP contribution is 2.21. The highest BCUT2D eigenvalue weighted by atomic mass is 32.2. The fraction of sp³-hybridized carbons (Fsp3) is 0.267. The van der Waals surface area contributed by atoms with Gasteiger partial charge in [0.2, 0.25) is 5.91 Å². The third kappa shape index (κ3) is 4.35. The molecule has 2 aromatic rings. The molecule has 0 aliphatic carbocycles. The Hall–Kier alpha value is -1.33.